The highest BCUT2D eigenvalue weighted by Gasteiger charge is 2.24. The van der Waals surface area contributed by atoms with Crippen molar-refractivity contribution in [2.75, 3.05) is 13.3 Å². The highest BCUT2D eigenvalue weighted by Crippen LogP contribution is 2.09. The normalized spacial score (nSPS) is 14.4. The van der Waals surface area contributed by atoms with Crippen LogP contribution in [0, 0.1) is 0 Å². The number of hydrogen-bond donors (Lipinski definition) is 0. The summed E-state index contributed by atoms with van der Waals surface area (Å²) in [6.07, 6.45) is -3.25. The molecule has 0 aromatic carbocycles. The molecule has 0 aliphatic carbocycles. The predicted octanol–water partition coefficient (Wildman–Crippen LogP) is 1.10. The van der Waals surface area contributed by atoms with Gasteiger partial charge in [0.05, 0.1) is 19.3 Å². The van der Waals surface area contributed by atoms with Gasteiger partial charge in [-0.1, -0.05) is 5.21 Å². The SMILES string of the molecule is CCOC(=O)c1cnnn1CC(F)C(F)CF. The number of hydrogen-bond acceptors (Lipinski definition) is 4. The lowest BCUT2D eigenvalue weighted by Crippen LogP contribution is -2.27. The van der Waals surface area contributed by atoms with Gasteiger partial charge in [0.1, 0.15) is 6.67 Å². The summed E-state index contributed by atoms with van der Waals surface area (Å²) in [5.41, 5.74) is -0.0967. The first-order valence-electron chi connectivity index (χ1n) is 4.99. The minimum atomic E-state index is -2.24. The lowest BCUT2D eigenvalue weighted by Gasteiger charge is -2.11. The van der Waals surface area contributed by atoms with Crippen LogP contribution in [0.15, 0.2) is 6.20 Å². The van der Waals surface area contributed by atoms with Crippen LogP contribution in [0.1, 0.15) is 17.4 Å². The average molecular weight is 251 g/mol. The summed E-state index contributed by atoms with van der Waals surface area (Å²) in [6, 6.07) is 0. The van der Waals surface area contributed by atoms with Crippen molar-refractivity contribution < 1.29 is 22.7 Å². The molecule has 17 heavy (non-hydrogen) atoms. The van der Waals surface area contributed by atoms with Crippen molar-refractivity contribution in [3.8, 4) is 0 Å². The van der Waals surface area contributed by atoms with Crippen LogP contribution in [-0.4, -0.2) is 46.6 Å². The second-order valence-corrected chi connectivity index (χ2v) is 3.21. The number of aromatic nitrogens is 3. The largest absolute Gasteiger partial charge is 0.461 e. The monoisotopic (exact) mass is 251 g/mol. The van der Waals surface area contributed by atoms with E-state index >= 15 is 0 Å². The van der Waals surface area contributed by atoms with Gasteiger partial charge in [-0.15, -0.1) is 5.10 Å². The first-order chi connectivity index (χ1) is 8.10. The first kappa shape index (κ1) is 13.5. The second-order valence-electron chi connectivity index (χ2n) is 3.21. The molecule has 0 N–H and O–H groups in total. The van der Waals surface area contributed by atoms with E-state index in [0.717, 1.165) is 10.9 Å². The van der Waals surface area contributed by atoms with E-state index in [1.165, 1.54) is 0 Å². The lowest BCUT2D eigenvalue weighted by molar-refractivity contribution is 0.0504. The van der Waals surface area contributed by atoms with Crippen molar-refractivity contribution in [2.24, 2.45) is 0 Å². The van der Waals surface area contributed by atoms with Gasteiger partial charge < -0.3 is 4.74 Å². The molecule has 2 unspecified atom stereocenters. The molecule has 0 saturated carbocycles. The number of alkyl halides is 3. The van der Waals surface area contributed by atoms with Gasteiger partial charge in [-0.3, -0.25) is 0 Å². The number of carbonyl (C=O) groups is 1. The summed E-state index contributed by atoms with van der Waals surface area (Å²) in [5, 5.41) is 6.81. The van der Waals surface area contributed by atoms with Crippen LogP contribution in [0.3, 0.4) is 0 Å². The number of rotatable bonds is 6. The Balaban J connectivity index is 2.72. The number of ether oxygens (including phenoxy) is 1. The van der Waals surface area contributed by atoms with Crippen molar-refractivity contribution in [1.29, 1.82) is 0 Å². The Morgan fingerprint density at radius 1 is 1.53 bits per heavy atom. The zero-order valence-corrected chi connectivity index (χ0v) is 9.15. The van der Waals surface area contributed by atoms with Gasteiger partial charge in [0.2, 0.25) is 0 Å². The Bertz CT molecular complexity index is 372. The summed E-state index contributed by atoms with van der Waals surface area (Å²) in [5.74, 6) is -0.736. The molecule has 0 radical (unpaired) electrons. The molecule has 0 aliphatic rings. The van der Waals surface area contributed by atoms with Crippen LogP contribution < -0.4 is 0 Å². The van der Waals surface area contributed by atoms with Gasteiger partial charge >= 0.3 is 5.97 Å². The smallest absolute Gasteiger partial charge is 0.358 e. The number of nitrogens with zero attached hydrogens (tertiary/aromatic N) is 3. The Morgan fingerprint density at radius 2 is 2.24 bits per heavy atom. The molecule has 96 valence electrons. The molecule has 1 heterocycles. The third-order valence-corrected chi connectivity index (χ3v) is 1.99. The molecule has 0 bridgehead atoms. The maximum absolute atomic E-state index is 13.1. The predicted molar refractivity (Wildman–Crippen MR) is 51.7 cm³/mol. The number of halogens is 3. The van der Waals surface area contributed by atoms with E-state index in [9.17, 15) is 18.0 Å². The molecular formula is C9H12F3N3O2. The van der Waals surface area contributed by atoms with Gasteiger partial charge in [0, 0.05) is 0 Å². The minimum Gasteiger partial charge on any atom is -0.461 e. The van der Waals surface area contributed by atoms with Crippen molar-refractivity contribution in [1.82, 2.24) is 15.0 Å². The van der Waals surface area contributed by atoms with E-state index in [0.29, 0.717) is 0 Å². The molecule has 0 aliphatic heterocycles. The molecule has 1 aromatic heterocycles. The third kappa shape index (κ3) is 3.43. The van der Waals surface area contributed by atoms with E-state index in [-0.39, 0.29) is 12.3 Å². The fourth-order valence-corrected chi connectivity index (χ4v) is 1.13. The van der Waals surface area contributed by atoms with Crippen molar-refractivity contribution >= 4 is 5.97 Å². The van der Waals surface area contributed by atoms with Gasteiger partial charge in [0.25, 0.3) is 0 Å². The lowest BCUT2D eigenvalue weighted by atomic mass is 10.2. The molecule has 0 amide bonds. The van der Waals surface area contributed by atoms with Gasteiger partial charge in [-0.25, -0.2) is 22.6 Å². The van der Waals surface area contributed by atoms with Crippen LogP contribution >= 0.6 is 0 Å². The third-order valence-electron chi connectivity index (χ3n) is 1.99. The van der Waals surface area contributed by atoms with Gasteiger partial charge in [-0.05, 0) is 6.92 Å². The Kier molecular flexibility index (Phi) is 4.92. The zero-order valence-electron chi connectivity index (χ0n) is 9.15. The quantitative estimate of drug-likeness (QED) is 0.710. The number of esters is 1. The van der Waals surface area contributed by atoms with Crippen LogP contribution in [0.2, 0.25) is 0 Å². The van der Waals surface area contributed by atoms with Gasteiger partial charge in [0.15, 0.2) is 18.0 Å². The Morgan fingerprint density at radius 3 is 2.82 bits per heavy atom. The van der Waals surface area contributed by atoms with Crippen molar-refractivity contribution in [3.05, 3.63) is 11.9 Å². The number of carbonyl (C=O) groups excluding carboxylic acids is 1. The Labute approximate surface area is 95.6 Å². The van der Waals surface area contributed by atoms with Crippen molar-refractivity contribution in [2.45, 2.75) is 25.8 Å². The van der Waals surface area contributed by atoms with Crippen LogP contribution in [0.4, 0.5) is 13.2 Å². The Hall–Kier alpha value is -1.60. The molecule has 2 atom stereocenters. The summed E-state index contributed by atoms with van der Waals surface area (Å²) in [4.78, 5) is 11.3. The fourth-order valence-electron chi connectivity index (χ4n) is 1.13. The summed E-state index contributed by atoms with van der Waals surface area (Å²) >= 11 is 0. The van der Waals surface area contributed by atoms with E-state index in [1.807, 2.05) is 0 Å². The summed E-state index contributed by atoms with van der Waals surface area (Å²) in [6.45, 7) is -0.270. The van der Waals surface area contributed by atoms with E-state index in [2.05, 4.69) is 15.0 Å². The first-order valence-corrected chi connectivity index (χ1v) is 4.99. The molecule has 1 rings (SSSR count). The maximum atomic E-state index is 13.1. The average Bonchev–Trinajstić information content (AvgIpc) is 2.76. The zero-order chi connectivity index (χ0) is 12.8. The van der Waals surface area contributed by atoms with Crippen molar-refractivity contribution in [3.63, 3.8) is 0 Å². The van der Waals surface area contributed by atoms with Crippen LogP contribution in [0.5, 0.6) is 0 Å². The summed E-state index contributed by atoms with van der Waals surface area (Å²) < 4.78 is 43.2. The molecule has 5 nitrogen and oxygen atoms in total. The highest BCUT2D eigenvalue weighted by molar-refractivity contribution is 5.87. The minimum absolute atomic E-state index is 0.0967. The van der Waals surface area contributed by atoms with Crippen LogP contribution in [-0.2, 0) is 11.3 Å². The molecule has 0 fully saturated rings. The topological polar surface area (TPSA) is 57.0 Å². The molecular weight excluding hydrogens is 239 g/mol. The molecule has 0 saturated heterocycles. The second kappa shape index (κ2) is 6.21. The standard InChI is InChI=1S/C9H12F3N3O2/c1-2-17-9(16)8-4-13-14-15(8)5-7(12)6(11)3-10/h4,6-7H,2-3,5H2,1H3. The fraction of sp³-hybridized carbons (Fsp3) is 0.667. The molecule has 1 aromatic rings. The highest BCUT2D eigenvalue weighted by atomic mass is 19.2. The summed E-state index contributed by atoms with van der Waals surface area (Å²) in [7, 11) is 0. The molecule has 8 heteroatoms. The maximum Gasteiger partial charge on any atom is 0.358 e. The van der Waals surface area contributed by atoms with E-state index < -0.39 is 31.5 Å². The molecule has 0 spiro atoms. The van der Waals surface area contributed by atoms with Crippen LogP contribution in [0.25, 0.3) is 0 Å². The van der Waals surface area contributed by atoms with Gasteiger partial charge in [-0.2, -0.15) is 0 Å². The van der Waals surface area contributed by atoms with E-state index in [1.54, 1.807) is 6.92 Å². The van der Waals surface area contributed by atoms with E-state index in [4.69, 9.17) is 0 Å².